The van der Waals surface area contributed by atoms with Crippen LogP contribution in [-0.2, 0) is 9.53 Å². The predicted molar refractivity (Wildman–Crippen MR) is 112 cm³/mol. The van der Waals surface area contributed by atoms with E-state index < -0.39 is 5.97 Å². The number of methoxy groups -OCH3 is 1. The quantitative estimate of drug-likeness (QED) is 0.442. The van der Waals surface area contributed by atoms with E-state index in [1.807, 2.05) is 72.8 Å². The number of hydrogen-bond acceptors (Lipinski definition) is 5. The van der Waals surface area contributed by atoms with Crippen LogP contribution >= 0.6 is 0 Å². The molecular formula is C24H20O6. The van der Waals surface area contributed by atoms with Gasteiger partial charge in [0.1, 0.15) is 17.3 Å². The van der Waals surface area contributed by atoms with Crippen LogP contribution in [0.25, 0.3) is 17.4 Å². The minimum absolute atomic E-state index is 0.0189. The molecule has 1 aliphatic rings. The monoisotopic (exact) mass is 404 g/mol. The molecule has 1 N–H and O–H groups in total. The summed E-state index contributed by atoms with van der Waals surface area (Å²) < 4.78 is 15.9. The van der Waals surface area contributed by atoms with Gasteiger partial charge in [0.25, 0.3) is 0 Å². The molecule has 0 bridgehead atoms. The summed E-state index contributed by atoms with van der Waals surface area (Å²) in [7, 11) is 1.39. The maximum atomic E-state index is 11.9. The first-order chi connectivity index (χ1) is 14.6. The van der Waals surface area contributed by atoms with Crippen LogP contribution in [0.4, 0.5) is 0 Å². The molecule has 0 unspecified atom stereocenters. The molecule has 0 amide bonds. The van der Waals surface area contributed by atoms with E-state index in [0.717, 1.165) is 35.0 Å². The van der Waals surface area contributed by atoms with E-state index in [4.69, 9.17) is 14.3 Å². The normalized spacial score (nSPS) is 12.1. The van der Waals surface area contributed by atoms with Gasteiger partial charge in [-0.1, -0.05) is 42.5 Å². The highest BCUT2D eigenvalue weighted by Gasteiger charge is 2.19. The summed E-state index contributed by atoms with van der Waals surface area (Å²) in [5, 5.41) is 7.88. The number of Topliss-reactive ketones (excluding diaryl/α,β-unsaturated/α-hetero) is 1. The Labute approximate surface area is 173 Å². The number of ketones is 1. The molecule has 0 radical (unpaired) electrons. The number of carbonyl (C=O) groups excluding carboxylic acids is 1. The largest absolute Gasteiger partial charge is 0.504 e. The number of aliphatic carboxylic acids is 1. The molecule has 1 heterocycles. The molecule has 6 nitrogen and oxygen atoms in total. The number of allylic oxidation sites excluding steroid dienone is 1. The van der Waals surface area contributed by atoms with E-state index in [2.05, 4.69) is 4.74 Å². The van der Waals surface area contributed by atoms with Crippen molar-refractivity contribution in [3.05, 3.63) is 90.4 Å². The second-order valence-electron chi connectivity index (χ2n) is 6.24. The highest BCUT2D eigenvalue weighted by Crippen LogP contribution is 2.32. The van der Waals surface area contributed by atoms with Gasteiger partial charge in [0, 0.05) is 17.5 Å². The van der Waals surface area contributed by atoms with E-state index in [1.165, 1.54) is 7.11 Å². The first-order valence-corrected chi connectivity index (χ1v) is 9.16. The van der Waals surface area contributed by atoms with Crippen molar-refractivity contribution in [3.63, 3.8) is 0 Å². The highest BCUT2D eigenvalue weighted by molar-refractivity contribution is 6.01. The Kier molecular flexibility index (Phi) is 6.84. The fourth-order valence-corrected chi connectivity index (χ4v) is 2.74. The molecule has 0 aliphatic heterocycles. The van der Waals surface area contributed by atoms with Gasteiger partial charge in [0.15, 0.2) is 5.76 Å². The number of ether oxygens (including phenoxy) is 2. The van der Waals surface area contributed by atoms with Crippen molar-refractivity contribution in [1.82, 2.24) is 0 Å². The minimum Gasteiger partial charge on any atom is -0.504 e. The third-order valence-electron chi connectivity index (χ3n) is 4.06. The maximum Gasteiger partial charge on any atom is 0.331 e. The molecule has 2 aromatic carbocycles. The first kappa shape index (κ1) is 20.7. The lowest BCUT2D eigenvalue weighted by Gasteiger charge is -2.06. The Hall–Kier alpha value is -4.06. The number of hydrogen-bond donors (Lipinski definition) is 1. The molecule has 3 aromatic rings. The average molecular weight is 404 g/mol. The zero-order valence-electron chi connectivity index (χ0n) is 16.3. The third kappa shape index (κ3) is 5.48. The lowest BCUT2D eigenvalue weighted by atomic mass is 10.0. The van der Waals surface area contributed by atoms with Crippen molar-refractivity contribution in [2.75, 3.05) is 7.11 Å². The summed E-state index contributed by atoms with van der Waals surface area (Å²) in [6.07, 6.45) is 6.20. The number of para-hydroxylation sites is 1. The van der Waals surface area contributed by atoms with Gasteiger partial charge in [0.05, 0.1) is 19.4 Å². The van der Waals surface area contributed by atoms with Crippen molar-refractivity contribution in [1.29, 1.82) is 0 Å². The zero-order valence-corrected chi connectivity index (χ0v) is 16.3. The lowest BCUT2D eigenvalue weighted by molar-refractivity contribution is -0.131. The van der Waals surface area contributed by atoms with Gasteiger partial charge >= 0.3 is 5.97 Å². The van der Waals surface area contributed by atoms with Gasteiger partial charge < -0.3 is 19.0 Å². The molecule has 6 heteroatoms. The Morgan fingerprint density at radius 1 is 1.07 bits per heavy atom. The molecule has 0 atom stereocenters. The molecule has 0 saturated carbocycles. The molecule has 1 aromatic heterocycles. The third-order valence-corrected chi connectivity index (χ3v) is 4.06. The smallest absolute Gasteiger partial charge is 0.331 e. The first-order valence-electron chi connectivity index (χ1n) is 9.16. The summed E-state index contributed by atoms with van der Waals surface area (Å²) in [5.41, 5.74) is 1.72. The van der Waals surface area contributed by atoms with Gasteiger partial charge in [-0.25, -0.2) is 4.79 Å². The number of furan rings is 1. The van der Waals surface area contributed by atoms with E-state index in [0.29, 0.717) is 17.9 Å². The second-order valence-corrected chi connectivity index (χ2v) is 6.24. The summed E-state index contributed by atoms with van der Waals surface area (Å²) in [6.45, 7) is 0. The van der Waals surface area contributed by atoms with Crippen LogP contribution in [0.15, 0.2) is 83.5 Å². The van der Waals surface area contributed by atoms with Crippen LogP contribution in [0.1, 0.15) is 22.5 Å². The average Bonchev–Trinajstić information content (AvgIpc) is 3.20. The molecule has 152 valence electrons. The Morgan fingerprint density at radius 2 is 1.83 bits per heavy atom. The van der Waals surface area contributed by atoms with Gasteiger partial charge in [-0.05, 0) is 30.3 Å². The second kappa shape index (κ2) is 9.93. The van der Waals surface area contributed by atoms with Gasteiger partial charge in [-0.2, -0.15) is 0 Å². The summed E-state index contributed by atoms with van der Waals surface area (Å²) >= 11 is 0. The van der Waals surface area contributed by atoms with Crippen LogP contribution in [0.3, 0.4) is 0 Å². The Morgan fingerprint density at radius 3 is 2.50 bits per heavy atom. The van der Waals surface area contributed by atoms with E-state index in [-0.39, 0.29) is 5.78 Å². The fraction of sp³-hybridized carbons (Fsp3) is 0.0833. The number of fused-ring (bicyclic) bond motifs is 1. The topological polar surface area (TPSA) is 86.0 Å². The number of carboxylic acids is 1. The number of rotatable bonds is 5. The molecule has 0 spiro atoms. The van der Waals surface area contributed by atoms with Crippen molar-refractivity contribution in [2.24, 2.45) is 0 Å². The van der Waals surface area contributed by atoms with Crippen LogP contribution in [0, 0.1) is 0 Å². The van der Waals surface area contributed by atoms with Crippen LogP contribution in [-0.4, -0.2) is 24.0 Å². The molecule has 4 rings (SSSR count). The predicted octanol–water partition coefficient (Wildman–Crippen LogP) is 5.57. The van der Waals surface area contributed by atoms with Crippen LogP contribution in [0.5, 0.6) is 11.5 Å². The van der Waals surface area contributed by atoms with Gasteiger partial charge in [-0.15, -0.1) is 0 Å². The SMILES string of the molecule is CO/C=C/C(=O)O.O=C1CC=Cc2cc(-c3cccc(Oc4ccccc4)c3)oc21. The van der Waals surface area contributed by atoms with Crippen LogP contribution < -0.4 is 4.74 Å². The Bertz CT molecular complexity index is 1080. The maximum absolute atomic E-state index is 11.9. The van der Waals surface area contributed by atoms with Crippen molar-refractivity contribution in [2.45, 2.75) is 6.42 Å². The summed E-state index contributed by atoms with van der Waals surface area (Å²) in [5.74, 6) is 1.64. The fourth-order valence-electron chi connectivity index (χ4n) is 2.74. The number of benzene rings is 2. The van der Waals surface area contributed by atoms with Crippen molar-refractivity contribution < 1.29 is 28.6 Å². The van der Waals surface area contributed by atoms with Gasteiger partial charge in [0.2, 0.25) is 5.78 Å². The summed E-state index contributed by atoms with van der Waals surface area (Å²) in [6, 6.07) is 19.2. The van der Waals surface area contributed by atoms with Crippen LogP contribution in [0.2, 0.25) is 0 Å². The number of carbonyl (C=O) groups is 2. The molecule has 0 fully saturated rings. The van der Waals surface area contributed by atoms with E-state index in [9.17, 15) is 9.59 Å². The number of carboxylic acid groups (broad SMARTS) is 1. The van der Waals surface area contributed by atoms with E-state index >= 15 is 0 Å². The molecule has 30 heavy (non-hydrogen) atoms. The highest BCUT2D eigenvalue weighted by atomic mass is 16.5. The minimum atomic E-state index is -0.998. The molecule has 0 saturated heterocycles. The van der Waals surface area contributed by atoms with Gasteiger partial charge in [-0.3, -0.25) is 4.79 Å². The lowest BCUT2D eigenvalue weighted by Crippen LogP contribution is -2.00. The zero-order chi connectivity index (χ0) is 21.3. The van der Waals surface area contributed by atoms with E-state index in [1.54, 1.807) is 0 Å². The molecule has 1 aliphatic carbocycles. The summed E-state index contributed by atoms with van der Waals surface area (Å²) in [4.78, 5) is 21.5. The standard InChI is InChI=1S/C20H14O3.C4H6O3/c21-18-11-5-7-15-13-19(23-20(15)18)14-6-4-10-17(12-14)22-16-8-2-1-3-9-16;1-7-3-2-4(5)6/h1-10,12-13H,11H2;2-3H,1H3,(H,5,6)/b;3-2+. The van der Waals surface area contributed by atoms with Crippen molar-refractivity contribution in [3.8, 4) is 22.8 Å². The Balaban J connectivity index is 0.000000318. The molecular weight excluding hydrogens is 384 g/mol. The van der Waals surface area contributed by atoms with Crippen molar-refractivity contribution >= 4 is 17.8 Å².